The first-order chi connectivity index (χ1) is 15.3. The number of hydrogen-bond donors (Lipinski definition) is 2. The first-order valence-electron chi connectivity index (χ1n) is 10.7. The number of anilines is 1. The maximum absolute atomic E-state index is 12.8. The summed E-state index contributed by atoms with van der Waals surface area (Å²) < 4.78 is 34.3. The summed E-state index contributed by atoms with van der Waals surface area (Å²) >= 11 is 0. The predicted molar refractivity (Wildman–Crippen MR) is 123 cm³/mol. The molecule has 0 spiro atoms. The van der Waals surface area contributed by atoms with Crippen molar-refractivity contribution in [3.8, 4) is 17.0 Å². The molecule has 1 unspecified atom stereocenters. The van der Waals surface area contributed by atoms with Crippen LogP contribution in [0, 0.1) is 0 Å². The molecule has 9 nitrogen and oxygen atoms in total. The third kappa shape index (κ3) is 4.57. The van der Waals surface area contributed by atoms with Gasteiger partial charge >= 0.3 is 16.2 Å². The highest BCUT2D eigenvalue weighted by atomic mass is 32.2. The molecule has 2 amide bonds. The second-order valence-corrected chi connectivity index (χ2v) is 10.1. The van der Waals surface area contributed by atoms with Crippen molar-refractivity contribution in [2.24, 2.45) is 0 Å². The van der Waals surface area contributed by atoms with E-state index in [1.54, 1.807) is 19.4 Å². The predicted octanol–water partition coefficient (Wildman–Crippen LogP) is 2.25. The Morgan fingerprint density at radius 2 is 2.09 bits per heavy atom. The van der Waals surface area contributed by atoms with Gasteiger partial charge in [-0.15, -0.1) is 0 Å². The van der Waals surface area contributed by atoms with E-state index in [2.05, 4.69) is 26.0 Å². The third-order valence-electron chi connectivity index (χ3n) is 6.26. The Balaban J connectivity index is 1.59. The fraction of sp³-hybridized carbons (Fsp3) is 0.455. The quantitative estimate of drug-likeness (QED) is 0.687. The normalized spacial score (nSPS) is 18.6. The minimum Gasteiger partial charge on any atom is -0.481 e. The SMILES string of the molecule is COc1cc(-c2ccc3c(c2NC(=O)NS(=O)(=O)N(C)C2CCN(C)C2)CCC3)ccn1. The van der Waals surface area contributed by atoms with Crippen LogP contribution in [0.15, 0.2) is 30.5 Å². The van der Waals surface area contributed by atoms with Gasteiger partial charge in [0.15, 0.2) is 0 Å². The number of nitrogens with zero attached hydrogens (tertiary/aromatic N) is 3. The minimum atomic E-state index is -3.97. The van der Waals surface area contributed by atoms with E-state index in [9.17, 15) is 13.2 Å². The van der Waals surface area contributed by atoms with Crippen LogP contribution >= 0.6 is 0 Å². The highest BCUT2D eigenvalue weighted by molar-refractivity contribution is 7.87. The number of likely N-dealkylation sites (N-methyl/N-ethyl adjacent to an activating group) is 2. The molecule has 0 saturated carbocycles. The lowest BCUT2D eigenvalue weighted by atomic mass is 9.98. The molecule has 1 aliphatic carbocycles. The molecule has 1 atom stereocenters. The highest BCUT2D eigenvalue weighted by Gasteiger charge is 2.32. The average molecular weight is 460 g/mol. The highest BCUT2D eigenvalue weighted by Crippen LogP contribution is 2.38. The maximum Gasteiger partial charge on any atom is 0.333 e. The van der Waals surface area contributed by atoms with E-state index in [0.717, 1.165) is 48.9 Å². The number of likely N-dealkylation sites (tertiary alicyclic amines) is 1. The molecule has 10 heteroatoms. The zero-order chi connectivity index (χ0) is 22.9. The molecule has 0 radical (unpaired) electrons. The second kappa shape index (κ2) is 9.05. The Labute approximate surface area is 189 Å². The van der Waals surface area contributed by atoms with E-state index >= 15 is 0 Å². The summed E-state index contributed by atoms with van der Waals surface area (Å²) in [7, 11) is 1.03. The van der Waals surface area contributed by atoms with E-state index in [1.807, 2.05) is 19.2 Å². The van der Waals surface area contributed by atoms with Crippen LogP contribution in [0.25, 0.3) is 11.1 Å². The standard InChI is InChI=1S/C22H29N5O4S/c1-26-12-10-17(14-26)27(2)32(29,30)25-22(28)24-21-18-6-4-5-15(18)7-8-19(21)16-9-11-23-20(13-16)31-3/h7-9,11,13,17H,4-6,10,12,14H2,1-3H3,(H2,24,25,28). The number of pyridine rings is 1. The number of methoxy groups -OCH3 is 1. The number of urea groups is 1. The first kappa shape index (κ1) is 22.5. The summed E-state index contributed by atoms with van der Waals surface area (Å²) in [6, 6.07) is 6.71. The number of carbonyl (C=O) groups is 1. The van der Waals surface area contributed by atoms with Crippen LogP contribution in [-0.2, 0) is 23.1 Å². The molecule has 2 heterocycles. The van der Waals surface area contributed by atoms with Gasteiger partial charge in [0.2, 0.25) is 5.88 Å². The monoisotopic (exact) mass is 459 g/mol. The Hall–Kier alpha value is -2.69. The van der Waals surface area contributed by atoms with E-state index < -0.39 is 16.2 Å². The molecule has 1 aromatic heterocycles. The summed E-state index contributed by atoms with van der Waals surface area (Å²) in [5, 5.41) is 2.83. The van der Waals surface area contributed by atoms with Gasteiger partial charge in [0.1, 0.15) is 0 Å². The Bertz CT molecular complexity index is 1120. The van der Waals surface area contributed by atoms with E-state index in [4.69, 9.17) is 4.74 Å². The molecule has 2 N–H and O–H groups in total. The number of rotatable bonds is 6. The summed E-state index contributed by atoms with van der Waals surface area (Å²) in [6.45, 7) is 1.46. The van der Waals surface area contributed by atoms with Crippen molar-refractivity contribution in [2.75, 3.05) is 39.6 Å². The van der Waals surface area contributed by atoms with Crippen molar-refractivity contribution < 1.29 is 17.9 Å². The molecule has 0 bridgehead atoms. The number of benzene rings is 1. The Morgan fingerprint density at radius 3 is 2.81 bits per heavy atom. The molecule has 4 rings (SSSR count). The van der Waals surface area contributed by atoms with Gasteiger partial charge in [0.05, 0.1) is 12.8 Å². The molecule has 2 aromatic rings. The average Bonchev–Trinajstić information content (AvgIpc) is 3.42. The van der Waals surface area contributed by atoms with Gasteiger partial charge in [-0.1, -0.05) is 12.1 Å². The Morgan fingerprint density at radius 1 is 1.28 bits per heavy atom. The van der Waals surface area contributed by atoms with Gasteiger partial charge in [-0.25, -0.2) is 14.5 Å². The Kier molecular flexibility index (Phi) is 6.36. The van der Waals surface area contributed by atoms with Gasteiger partial charge in [-0.2, -0.15) is 12.7 Å². The van der Waals surface area contributed by atoms with Crippen LogP contribution in [0.5, 0.6) is 5.88 Å². The van der Waals surface area contributed by atoms with Crippen LogP contribution in [0.2, 0.25) is 0 Å². The molecule has 1 saturated heterocycles. The number of aryl methyl sites for hydroxylation is 1. The van der Waals surface area contributed by atoms with Gasteiger partial charge < -0.3 is 15.0 Å². The van der Waals surface area contributed by atoms with E-state index in [1.165, 1.54) is 16.9 Å². The van der Waals surface area contributed by atoms with Crippen molar-refractivity contribution in [3.63, 3.8) is 0 Å². The van der Waals surface area contributed by atoms with E-state index in [-0.39, 0.29) is 6.04 Å². The summed E-state index contributed by atoms with van der Waals surface area (Å²) in [6.07, 6.45) is 5.12. The molecule has 32 heavy (non-hydrogen) atoms. The fourth-order valence-electron chi connectivity index (χ4n) is 4.47. The summed E-state index contributed by atoms with van der Waals surface area (Å²) in [4.78, 5) is 19.1. The number of nitrogens with one attached hydrogen (secondary N) is 2. The molecule has 1 aliphatic heterocycles. The van der Waals surface area contributed by atoms with Gasteiger partial charge in [0.25, 0.3) is 0 Å². The zero-order valence-electron chi connectivity index (χ0n) is 18.6. The van der Waals surface area contributed by atoms with Crippen LogP contribution in [0.4, 0.5) is 10.5 Å². The number of aromatic nitrogens is 1. The lowest BCUT2D eigenvalue weighted by Gasteiger charge is -2.24. The van der Waals surface area contributed by atoms with Crippen LogP contribution in [0.3, 0.4) is 0 Å². The van der Waals surface area contributed by atoms with Crippen molar-refractivity contribution in [1.82, 2.24) is 18.9 Å². The second-order valence-electron chi connectivity index (χ2n) is 8.35. The molecule has 1 fully saturated rings. The van der Waals surface area contributed by atoms with Crippen molar-refractivity contribution in [1.29, 1.82) is 0 Å². The summed E-state index contributed by atoms with van der Waals surface area (Å²) in [5.41, 5.74) is 4.46. The van der Waals surface area contributed by atoms with Gasteiger partial charge in [0, 0.05) is 37.5 Å². The first-order valence-corrected chi connectivity index (χ1v) is 12.1. The zero-order valence-corrected chi connectivity index (χ0v) is 19.4. The van der Waals surface area contributed by atoms with Crippen molar-refractivity contribution in [2.45, 2.75) is 31.7 Å². The molecule has 172 valence electrons. The lowest BCUT2D eigenvalue weighted by molar-refractivity contribution is 0.255. The molecule has 1 aromatic carbocycles. The smallest absolute Gasteiger partial charge is 0.333 e. The minimum absolute atomic E-state index is 0.161. The number of carbonyl (C=O) groups excluding carboxylic acids is 1. The molecular formula is C22H29N5O4S. The van der Waals surface area contributed by atoms with Crippen molar-refractivity contribution >= 4 is 21.9 Å². The maximum atomic E-state index is 12.8. The lowest BCUT2D eigenvalue weighted by Crippen LogP contribution is -2.48. The topological polar surface area (TPSA) is 104 Å². The van der Waals surface area contributed by atoms with Gasteiger partial charge in [-0.3, -0.25) is 0 Å². The largest absolute Gasteiger partial charge is 0.481 e. The molecular weight excluding hydrogens is 430 g/mol. The van der Waals surface area contributed by atoms with E-state index in [0.29, 0.717) is 18.1 Å². The number of fused-ring (bicyclic) bond motifs is 1. The number of hydrogen-bond acceptors (Lipinski definition) is 6. The number of ether oxygens (including phenoxy) is 1. The fourth-order valence-corrected chi connectivity index (χ4v) is 5.47. The van der Waals surface area contributed by atoms with Crippen LogP contribution in [-0.4, -0.2) is 69.0 Å². The third-order valence-corrected chi connectivity index (χ3v) is 7.76. The van der Waals surface area contributed by atoms with Gasteiger partial charge in [-0.05, 0) is 62.0 Å². The number of amides is 2. The van der Waals surface area contributed by atoms with Crippen LogP contribution in [0.1, 0.15) is 24.0 Å². The summed E-state index contributed by atoms with van der Waals surface area (Å²) in [5.74, 6) is 0.462. The van der Waals surface area contributed by atoms with Crippen molar-refractivity contribution in [3.05, 3.63) is 41.6 Å². The molecule has 2 aliphatic rings. The van der Waals surface area contributed by atoms with Crippen LogP contribution < -0.4 is 14.8 Å².